The van der Waals surface area contributed by atoms with Crippen molar-refractivity contribution in [2.24, 2.45) is 0 Å². The molecule has 1 rings (SSSR count). The van der Waals surface area contributed by atoms with E-state index in [2.05, 4.69) is 4.98 Å². The lowest BCUT2D eigenvalue weighted by Crippen LogP contribution is -2.30. The molecule has 1 unspecified atom stereocenters. The standard InChI is InChI=1S/C8H6ClF4NO/c9-5-1-4(7(10)14-3-5)2-6(15)8(11,12)13/h1,3,6,15H,2H2. The Morgan fingerprint density at radius 2 is 2.07 bits per heavy atom. The zero-order valence-electron chi connectivity index (χ0n) is 7.22. The van der Waals surface area contributed by atoms with Crippen LogP contribution in [0.4, 0.5) is 17.6 Å². The number of alkyl halides is 3. The Hall–Kier alpha value is -0.880. The molecule has 0 spiro atoms. The molecule has 0 aromatic carbocycles. The Balaban J connectivity index is 2.85. The lowest BCUT2D eigenvalue weighted by Gasteiger charge is -2.14. The summed E-state index contributed by atoms with van der Waals surface area (Å²) in [6, 6.07) is 0.999. The Morgan fingerprint density at radius 1 is 1.47 bits per heavy atom. The number of aromatic nitrogens is 1. The van der Waals surface area contributed by atoms with Gasteiger partial charge < -0.3 is 5.11 Å². The summed E-state index contributed by atoms with van der Waals surface area (Å²) in [4.78, 5) is 3.14. The molecule has 7 heteroatoms. The third-order valence-electron chi connectivity index (χ3n) is 1.67. The molecule has 0 bridgehead atoms. The second kappa shape index (κ2) is 4.32. The van der Waals surface area contributed by atoms with E-state index in [9.17, 15) is 17.6 Å². The number of hydrogen-bond donors (Lipinski definition) is 1. The molecule has 1 heterocycles. The normalized spacial score (nSPS) is 14.0. The molecular weight excluding hydrogens is 238 g/mol. The van der Waals surface area contributed by atoms with Gasteiger partial charge in [0.1, 0.15) is 0 Å². The minimum Gasteiger partial charge on any atom is -0.383 e. The monoisotopic (exact) mass is 243 g/mol. The summed E-state index contributed by atoms with van der Waals surface area (Å²) in [6.07, 6.45) is -7.33. The number of hydrogen-bond acceptors (Lipinski definition) is 2. The summed E-state index contributed by atoms with van der Waals surface area (Å²) in [5, 5.41) is 8.71. The Bertz CT molecular complexity index is 355. The molecule has 15 heavy (non-hydrogen) atoms. The first kappa shape index (κ1) is 12.2. The largest absolute Gasteiger partial charge is 0.414 e. The molecule has 0 fully saturated rings. The smallest absolute Gasteiger partial charge is 0.383 e. The van der Waals surface area contributed by atoms with Crippen LogP contribution in [0.2, 0.25) is 5.02 Å². The summed E-state index contributed by atoms with van der Waals surface area (Å²) in [5.74, 6) is -1.07. The van der Waals surface area contributed by atoms with Crippen molar-refractivity contribution in [1.82, 2.24) is 4.98 Å². The summed E-state index contributed by atoms with van der Waals surface area (Å²) in [7, 11) is 0. The second-order valence-electron chi connectivity index (χ2n) is 2.87. The zero-order valence-corrected chi connectivity index (χ0v) is 7.98. The molecule has 0 radical (unpaired) electrons. The van der Waals surface area contributed by atoms with Crippen molar-refractivity contribution >= 4 is 11.6 Å². The van der Waals surface area contributed by atoms with Gasteiger partial charge in [0.25, 0.3) is 0 Å². The predicted molar refractivity (Wildman–Crippen MR) is 45.0 cm³/mol. The van der Waals surface area contributed by atoms with Crippen LogP contribution < -0.4 is 0 Å². The van der Waals surface area contributed by atoms with Gasteiger partial charge in [-0.15, -0.1) is 0 Å². The van der Waals surface area contributed by atoms with Crippen molar-refractivity contribution in [2.45, 2.75) is 18.7 Å². The highest BCUT2D eigenvalue weighted by molar-refractivity contribution is 6.30. The minimum atomic E-state index is -4.78. The highest BCUT2D eigenvalue weighted by atomic mass is 35.5. The van der Waals surface area contributed by atoms with Crippen LogP contribution in [0.3, 0.4) is 0 Å². The third-order valence-corrected chi connectivity index (χ3v) is 1.88. The second-order valence-corrected chi connectivity index (χ2v) is 3.30. The Morgan fingerprint density at radius 3 is 2.60 bits per heavy atom. The lowest BCUT2D eigenvalue weighted by molar-refractivity contribution is -0.203. The van der Waals surface area contributed by atoms with Gasteiger partial charge in [0.2, 0.25) is 5.95 Å². The minimum absolute atomic E-state index is 0.0146. The van der Waals surface area contributed by atoms with Crippen LogP contribution in [-0.4, -0.2) is 22.4 Å². The van der Waals surface area contributed by atoms with Crippen LogP contribution >= 0.6 is 11.6 Å². The van der Waals surface area contributed by atoms with Gasteiger partial charge in [-0.3, -0.25) is 0 Å². The molecule has 1 atom stereocenters. The molecule has 2 nitrogen and oxygen atoms in total. The maximum Gasteiger partial charge on any atom is 0.414 e. The number of aliphatic hydroxyl groups excluding tert-OH is 1. The van der Waals surface area contributed by atoms with Gasteiger partial charge in [-0.25, -0.2) is 4.98 Å². The van der Waals surface area contributed by atoms with Gasteiger partial charge in [-0.05, 0) is 6.07 Å². The van der Waals surface area contributed by atoms with E-state index in [1.807, 2.05) is 0 Å². The molecule has 1 N–H and O–H groups in total. The van der Waals surface area contributed by atoms with Gasteiger partial charge in [0.15, 0.2) is 6.10 Å². The van der Waals surface area contributed by atoms with E-state index < -0.39 is 24.6 Å². The number of halogens is 5. The Labute approximate surface area is 87.5 Å². The quantitative estimate of drug-likeness (QED) is 0.639. The highest BCUT2D eigenvalue weighted by Crippen LogP contribution is 2.24. The average molecular weight is 244 g/mol. The summed E-state index contributed by atoms with van der Waals surface area (Å²) in [6.45, 7) is 0. The first-order valence-electron chi connectivity index (χ1n) is 3.85. The molecule has 0 saturated heterocycles. The fraction of sp³-hybridized carbons (Fsp3) is 0.375. The molecule has 1 aromatic heterocycles. The lowest BCUT2D eigenvalue weighted by atomic mass is 10.1. The van der Waals surface area contributed by atoms with E-state index in [0.29, 0.717) is 0 Å². The fourth-order valence-corrected chi connectivity index (χ4v) is 1.11. The molecule has 84 valence electrons. The van der Waals surface area contributed by atoms with Gasteiger partial charge in [-0.1, -0.05) is 11.6 Å². The molecule has 0 saturated carbocycles. The van der Waals surface area contributed by atoms with Crippen LogP contribution in [0.1, 0.15) is 5.56 Å². The third kappa shape index (κ3) is 3.32. The number of aliphatic hydroxyl groups is 1. The number of pyridine rings is 1. The molecule has 1 aromatic rings. The van der Waals surface area contributed by atoms with Crippen molar-refractivity contribution in [1.29, 1.82) is 0 Å². The van der Waals surface area contributed by atoms with Crippen molar-refractivity contribution in [3.8, 4) is 0 Å². The first-order valence-corrected chi connectivity index (χ1v) is 4.23. The van der Waals surface area contributed by atoms with E-state index in [1.54, 1.807) is 0 Å². The van der Waals surface area contributed by atoms with E-state index >= 15 is 0 Å². The van der Waals surface area contributed by atoms with Crippen LogP contribution in [0, 0.1) is 5.95 Å². The molecule has 0 aliphatic heterocycles. The van der Waals surface area contributed by atoms with E-state index in [4.69, 9.17) is 16.7 Å². The maximum absolute atomic E-state index is 12.9. The predicted octanol–water partition coefficient (Wildman–Crippen LogP) is 2.34. The van der Waals surface area contributed by atoms with E-state index in [0.717, 1.165) is 12.3 Å². The summed E-state index contributed by atoms with van der Waals surface area (Å²) < 4.78 is 48.7. The number of rotatable bonds is 2. The first-order chi connectivity index (χ1) is 6.80. The topological polar surface area (TPSA) is 33.1 Å². The summed E-state index contributed by atoms with van der Waals surface area (Å²) >= 11 is 5.42. The Kier molecular flexibility index (Phi) is 3.51. The van der Waals surface area contributed by atoms with Gasteiger partial charge in [0, 0.05) is 18.2 Å². The highest BCUT2D eigenvalue weighted by Gasteiger charge is 2.38. The molecule has 0 aliphatic carbocycles. The van der Waals surface area contributed by atoms with Crippen LogP contribution in [0.15, 0.2) is 12.3 Å². The zero-order chi connectivity index (χ0) is 11.6. The van der Waals surface area contributed by atoms with Crippen molar-refractivity contribution in [3.63, 3.8) is 0 Å². The van der Waals surface area contributed by atoms with Crippen LogP contribution in [0.25, 0.3) is 0 Å². The molecular formula is C8H6ClF4NO. The van der Waals surface area contributed by atoms with E-state index in [-0.39, 0.29) is 10.6 Å². The van der Waals surface area contributed by atoms with Crippen molar-refractivity contribution < 1.29 is 22.7 Å². The van der Waals surface area contributed by atoms with Crippen molar-refractivity contribution in [3.05, 3.63) is 28.8 Å². The van der Waals surface area contributed by atoms with Crippen molar-refractivity contribution in [2.75, 3.05) is 0 Å². The van der Waals surface area contributed by atoms with Crippen LogP contribution in [-0.2, 0) is 6.42 Å². The molecule has 0 amide bonds. The van der Waals surface area contributed by atoms with Gasteiger partial charge in [0.05, 0.1) is 5.02 Å². The molecule has 0 aliphatic rings. The van der Waals surface area contributed by atoms with Crippen LogP contribution in [0.5, 0.6) is 0 Å². The van der Waals surface area contributed by atoms with E-state index in [1.165, 1.54) is 0 Å². The maximum atomic E-state index is 12.9. The van der Waals surface area contributed by atoms with Gasteiger partial charge >= 0.3 is 6.18 Å². The number of nitrogens with zero attached hydrogens (tertiary/aromatic N) is 1. The summed E-state index contributed by atoms with van der Waals surface area (Å²) in [5.41, 5.74) is -0.368. The average Bonchev–Trinajstić information content (AvgIpc) is 2.09. The fourth-order valence-electron chi connectivity index (χ4n) is 0.932. The SMILES string of the molecule is OC(Cc1cc(Cl)cnc1F)C(F)(F)F. The van der Waals surface area contributed by atoms with Gasteiger partial charge in [-0.2, -0.15) is 17.6 Å².